The van der Waals surface area contributed by atoms with E-state index < -0.39 is 0 Å². The molecule has 0 amide bonds. The predicted molar refractivity (Wildman–Crippen MR) is 87.3 cm³/mol. The number of aromatic amines is 1. The van der Waals surface area contributed by atoms with Crippen molar-refractivity contribution in [2.75, 3.05) is 27.3 Å². The van der Waals surface area contributed by atoms with E-state index in [1.807, 2.05) is 20.9 Å². The van der Waals surface area contributed by atoms with Gasteiger partial charge in [-0.05, 0) is 39.8 Å². The van der Waals surface area contributed by atoms with Gasteiger partial charge in [-0.15, -0.1) is 11.3 Å². The maximum atomic E-state index is 12.3. The number of methoxy groups -OCH3 is 1. The summed E-state index contributed by atoms with van der Waals surface area (Å²) in [6, 6.07) is 0.0710. The molecular formula is C15H23N3O2S. The van der Waals surface area contributed by atoms with Crippen molar-refractivity contribution in [1.82, 2.24) is 14.9 Å². The van der Waals surface area contributed by atoms with Gasteiger partial charge in [0.1, 0.15) is 10.7 Å². The van der Waals surface area contributed by atoms with E-state index in [4.69, 9.17) is 4.74 Å². The molecule has 0 aliphatic heterocycles. The van der Waals surface area contributed by atoms with Crippen molar-refractivity contribution in [1.29, 1.82) is 0 Å². The van der Waals surface area contributed by atoms with Gasteiger partial charge in [0.05, 0.1) is 11.4 Å². The Morgan fingerprint density at radius 3 is 2.81 bits per heavy atom. The van der Waals surface area contributed by atoms with Gasteiger partial charge in [-0.3, -0.25) is 9.69 Å². The fourth-order valence-electron chi connectivity index (χ4n) is 2.33. The van der Waals surface area contributed by atoms with Crippen LogP contribution in [-0.4, -0.2) is 42.2 Å². The minimum atomic E-state index is -0.0333. The SMILES string of the molecule is COCCCN(C)C(C)c1nc2sc(C)c(C)c2c(=O)[nH]1. The Labute approximate surface area is 129 Å². The maximum Gasteiger partial charge on any atom is 0.259 e. The van der Waals surface area contributed by atoms with Crippen molar-refractivity contribution in [3.8, 4) is 0 Å². The Morgan fingerprint density at radius 2 is 2.14 bits per heavy atom. The van der Waals surface area contributed by atoms with Crippen LogP contribution >= 0.6 is 11.3 Å². The van der Waals surface area contributed by atoms with Crippen LogP contribution in [0, 0.1) is 13.8 Å². The number of H-pyrrole nitrogens is 1. The summed E-state index contributed by atoms with van der Waals surface area (Å²) >= 11 is 1.59. The lowest BCUT2D eigenvalue weighted by Crippen LogP contribution is -2.27. The van der Waals surface area contributed by atoms with Crippen LogP contribution < -0.4 is 5.56 Å². The average molecular weight is 309 g/mol. The van der Waals surface area contributed by atoms with E-state index in [9.17, 15) is 4.79 Å². The van der Waals surface area contributed by atoms with Gasteiger partial charge in [0.25, 0.3) is 5.56 Å². The smallest absolute Gasteiger partial charge is 0.259 e. The molecule has 0 saturated carbocycles. The van der Waals surface area contributed by atoms with Crippen molar-refractivity contribution in [3.63, 3.8) is 0 Å². The van der Waals surface area contributed by atoms with Crippen LogP contribution in [0.2, 0.25) is 0 Å². The summed E-state index contributed by atoms with van der Waals surface area (Å²) in [6.45, 7) is 7.71. The van der Waals surface area contributed by atoms with Crippen molar-refractivity contribution >= 4 is 21.6 Å². The van der Waals surface area contributed by atoms with Gasteiger partial charge in [0, 0.05) is 25.1 Å². The Balaban J connectivity index is 2.28. The molecule has 1 atom stereocenters. The molecule has 0 saturated heterocycles. The molecule has 0 radical (unpaired) electrons. The molecular weight excluding hydrogens is 286 g/mol. The lowest BCUT2D eigenvalue weighted by molar-refractivity contribution is 0.167. The van der Waals surface area contributed by atoms with Crippen molar-refractivity contribution in [2.24, 2.45) is 0 Å². The van der Waals surface area contributed by atoms with E-state index in [1.54, 1.807) is 18.4 Å². The second-order valence-electron chi connectivity index (χ2n) is 5.42. The first-order valence-corrected chi connectivity index (χ1v) is 7.96. The highest BCUT2D eigenvalue weighted by molar-refractivity contribution is 7.18. The number of hydrogen-bond donors (Lipinski definition) is 1. The van der Waals surface area contributed by atoms with E-state index in [-0.39, 0.29) is 11.6 Å². The Kier molecular flexibility index (Phi) is 5.13. The quantitative estimate of drug-likeness (QED) is 0.833. The highest BCUT2D eigenvalue weighted by Gasteiger charge is 2.17. The second kappa shape index (κ2) is 6.68. The summed E-state index contributed by atoms with van der Waals surface area (Å²) in [5.74, 6) is 0.730. The molecule has 0 spiro atoms. The zero-order valence-corrected chi connectivity index (χ0v) is 14.1. The monoisotopic (exact) mass is 309 g/mol. The largest absolute Gasteiger partial charge is 0.385 e. The molecule has 2 aromatic heterocycles. The fraction of sp³-hybridized carbons (Fsp3) is 0.600. The molecule has 116 valence electrons. The third kappa shape index (κ3) is 3.33. The molecule has 2 aromatic rings. The number of rotatable bonds is 6. The van der Waals surface area contributed by atoms with Crippen LogP contribution in [-0.2, 0) is 4.74 Å². The molecule has 0 aliphatic carbocycles. The van der Waals surface area contributed by atoms with Gasteiger partial charge >= 0.3 is 0 Å². The highest BCUT2D eigenvalue weighted by Crippen LogP contribution is 2.27. The molecule has 21 heavy (non-hydrogen) atoms. The van der Waals surface area contributed by atoms with Crippen LogP contribution in [0.25, 0.3) is 10.2 Å². The molecule has 5 nitrogen and oxygen atoms in total. The van der Waals surface area contributed by atoms with Crippen LogP contribution in [0.15, 0.2) is 4.79 Å². The molecule has 0 aliphatic rings. The van der Waals surface area contributed by atoms with E-state index in [0.29, 0.717) is 0 Å². The molecule has 1 N–H and O–H groups in total. The number of aromatic nitrogens is 2. The summed E-state index contributed by atoms with van der Waals surface area (Å²) in [7, 11) is 3.74. The van der Waals surface area contributed by atoms with E-state index in [2.05, 4.69) is 21.8 Å². The molecule has 1 unspecified atom stereocenters. The van der Waals surface area contributed by atoms with Crippen molar-refractivity contribution in [2.45, 2.75) is 33.2 Å². The third-order valence-corrected chi connectivity index (χ3v) is 5.07. The summed E-state index contributed by atoms with van der Waals surface area (Å²) < 4.78 is 5.07. The topological polar surface area (TPSA) is 58.2 Å². The number of aryl methyl sites for hydroxylation is 2. The van der Waals surface area contributed by atoms with Crippen molar-refractivity contribution < 1.29 is 4.74 Å². The molecule has 0 fully saturated rings. The molecule has 2 heterocycles. The Bertz CT molecular complexity index is 677. The average Bonchev–Trinajstić information content (AvgIpc) is 2.73. The number of nitrogens with one attached hydrogen (secondary N) is 1. The summed E-state index contributed by atoms with van der Waals surface area (Å²) in [6.07, 6.45) is 0.959. The zero-order chi connectivity index (χ0) is 15.6. The minimum absolute atomic E-state index is 0.0333. The fourth-order valence-corrected chi connectivity index (χ4v) is 3.37. The van der Waals surface area contributed by atoms with Gasteiger partial charge in [-0.2, -0.15) is 0 Å². The lowest BCUT2D eigenvalue weighted by atomic mass is 10.2. The standard InChI is InChI=1S/C15H23N3O2S/c1-9-11(3)21-15-12(9)14(19)16-13(17-15)10(2)18(4)7-6-8-20-5/h10H,6-8H2,1-5H3,(H,16,17,19). The van der Waals surface area contributed by atoms with E-state index >= 15 is 0 Å². The predicted octanol–water partition coefficient (Wildman–Crippen LogP) is 2.63. The highest BCUT2D eigenvalue weighted by atomic mass is 32.1. The summed E-state index contributed by atoms with van der Waals surface area (Å²) in [5, 5.41) is 0.732. The molecule has 0 bridgehead atoms. The van der Waals surface area contributed by atoms with Crippen LogP contribution in [0.3, 0.4) is 0 Å². The summed E-state index contributed by atoms with van der Waals surface area (Å²) in [4.78, 5) is 24.1. The van der Waals surface area contributed by atoms with Crippen molar-refractivity contribution in [3.05, 3.63) is 26.6 Å². The van der Waals surface area contributed by atoms with E-state index in [1.165, 1.54) is 0 Å². The van der Waals surface area contributed by atoms with Gasteiger partial charge in [-0.1, -0.05) is 0 Å². The van der Waals surface area contributed by atoms with Crippen LogP contribution in [0.5, 0.6) is 0 Å². The molecule has 0 aromatic carbocycles. The summed E-state index contributed by atoms with van der Waals surface area (Å²) in [5.41, 5.74) is 1.00. The van der Waals surface area contributed by atoms with Gasteiger partial charge in [-0.25, -0.2) is 4.98 Å². The Hall–Kier alpha value is -1.24. The number of fused-ring (bicyclic) bond motifs is 1. The first-order chi connectivity index (χ1) is 9.95. The van der Waals surface area contributed by atoms with Crippen LogP contribution in [0.1, 0.15) is 35.7 Å². The molecule has 2 rings (SSSR count). The first-order valence-electron chi connectivity index (χ1n) is 7.14. The number of nitrogens with zero attached hydrogens (tertiary/aromatic N) is 2. The van der Waals surface area contributed by atoms with Gasteiger partial charge < -0.3 is 9.72 Å². The van der Waals surface area contributed by atoms with E-state index in [0.717, 1.165) is 46.1 Å². The third-order valence-electron chi connectivity index (χ3n) is 3.97. The first kappa shape index (κ1) is 16.1. The number of ether oxygens (including phenoxy) is 1. The maximum absolute atomic E-state index is 12.3. The number of thiophene rings is 1. The van der Waals surface area contributed by atoms with Gasteiger partial charge in [0.2, 0.25) is 0 Å². The number of hydrogen-bond acceptors (Lipinski definition) is 5. The van der Waals surface area contributed by atoms with Gasteiger partial charge in [0.15, 0.2) is 0 Å². The lowest BCUT2D eigenvalue weighted by Gasteiger charge is -2.23. The minimum Gasteiger partial charge on any atom is -0.385 e. The van der Waals surface area contributed by atoms with Crippen LogP contribution in [0.4, 0.5) is 0 Å². The second-order valence-corrected chi connectivity index (χ2v) is 6.62. The normalized spacial score (nSPS) is 13.2. The molecule has 6 heteroatoms. The Morgan fingerprint density at radius 1 is 1.43 bits per heavy atom. The zero-order valence-electron chi connectivity index (χ0n) is 13.3.